The van der Waals surface area contributed by atoms with Gasteiger partial charge in [-0.05, 0) is 48.9 Å². The van der Waals surface area contributed by atoms with Gasteiger partial charge in [0.05, 0.1) is 4.90 Å². The van der Waals surface area contributed by atoms with Crippen molar-refractivity contribution in [2.24, 2.45) is 0 Å². The fraction of sp³-hybridized carbons (Fsp3) is 0.105. The molecular formula is C19H15F2N3O4S. The molecule has 1 amide bonds. The average molecular weight is 419 g/mol. The molecule has 3 rings (SSSR count). The number of anilines is 1. The van der Waals surface area contributed by atoms with Crippen LogP contribution in [0, 0.1) is 18.6 Å². The molecule has 0 unspecified atom stereocenters. The lowest BCUT2D eigenvalue weighted by Crippen LogP contribution is -2.30. The quantitative estimate of drug-likeness (QED) is 0.684. The van der Waals surface area contributed by atoms with Crippen molar-refractivity contribution in [2.75, 3.05) is 5.32 Å². The van der Waals surface area contributed by atoms with E-state index >= 15 is 0 Å². The van der Waals surface area contributed by atoms with Crippen LogP contribution in [0.15, 0.2) is 69.3 Å². The third-order valence-electron chi connectivity index (χ3n) is 3.97. The molecule has 0 aliphatic carbocycles. The third kappa shape index (κ3) is 4.54. The van der Waals surface area contributed by atoms with E-state index in [2.05, 4.69) is 10.4 Å². The second-order valence-corrected chi connectivity index (χ2v) is 8.04. The number of hydrogen-bond acceptors (Lipinski definition) is 5. The molecular weight excluding hydrogens is 404 g/mol. The first kappa shape index (κ1) is 20.3. The predicted molar refractivity (Wildman–Crippen MR) is 100 cm³/mol. The monoisotopic (exact) mass is 419 g/mol. The zero-order valence-corrected chi connectivity index (χ0v) is 15.9. The fourth-order valence-electron chi connectivity index (χ4n) is 2.45. The fourth-order valence-corrected chi connectivity index (χ4v) is 3.67. The zero-order valence-electron chi connectivity index (χ0n) is 15.1. The van der Waals surface area contributed by atoms with Gasteiger partial charge in [-0.15, -0.1) is 0 Å². The molecule has 0 spiro atoms. The topological polar surface area (TPSA) is 98.1 Å². The van der Waals surface area contributed by atoms with Gasteiger partial charge in [-0.2, -0.15) is 5.10 Å². The average Bonchev–Trinajstić information content (AvgIpc) is 2.66. The summed E-state index contributed by atoms with van der Waals surface area (Å²) in [5.74, 6) is -1.96. The van der Waals surface area contributed by atoms with E-state index in [4.69, 9.17) is 0 Å². The normalized spacial score (nSPS) is 11.3. The molecule has 0 saturated carbocycles. The number of benzene rings is 2. The van der Waals surface area contributed by atoms with Crippen LogP contribution >= 0.6 is 0 Å². The molecule has 0 fully saturated rings. The molecule has 2 aromatic carbocycles. The minimum atomic E-state index is -4.20. The number of rotatable bonds is 5. The largest absolute Gasteiger partial charge is 0.324 e. The highest BCUT2D eigenvalue weighted by Crippen LogP contribution is 2.19. The molecule has 150 valence electrons. The summed E-state index contributed by atoms with van der Waals surface area (Å²) in [4.78, 5) is 23.8. The Morgan fingerprint density at radius 3 is 2.55 bits per heavy atom. The van der Waals surface area contributed by atoms with Gasteiger partial charge in [0, 0.05) is 11.8 Å². The number of aromatic nitrogens is 2. The molecule has 29 heavy (non-hydrogen) atoms. The number of carbonyl (C=O) groups is 1. The van der Waals surface area contributed by atoms with Crippen molar-refractivity contribution in [3.63, 3.8) is 0 Å². The van der Waals surface area contributed by atoms with Crippen molar-refractivity contribution in [1.29, 1.82) is 0 Å². The van der Waals surface area contributed by atoms with Gasteiger partial charge in [0.2, 0.25) is 15.7 Å². The Balaban J connectivity index is 1.86. The van der Waals surface area contributed by atoms with E-state index in [1.54, 1.807) is 6.92 Å². The van der Waals surface area contributed by atoms with Crippen molar-refractivity contribution >= 4 is 21.4 Å². The van der Waals surface area contributed by atoms with E-state index < -0.39 is 44.5 Å². The number of carbonyl (C=O) groups excluding carboxylic acids is 1. The van der Waals surface area contributed by atoms with E-state index in [9.17, 15) is 26.8 Å². The lowest BCUT2D eigenvalue weighted by Gasteiger charge is -2.09. The highest BCUT2D eigenvalue weighted by molar-refractivity contribution is 7.91. The molecule has 0 saturated heterocycles. The van der Waals surface area contributed by atoms with Crippen LogP contribution in [-0.2, 0) is 21.2 Å². The smallest absolute Gasteiger partial charge is 0.267 e. The van der Waals surface area contributed by atoms with Crippen LogP contribution in [0.4, 0.5) is 14.5 Å². The van der Waals surface area contributed by atoms with Gasteiger partial charge in [-0.25, -0.2) is 21.9 Å². The summed E-state index contributed by atoms with van der Waals surface area (Å²) < 4.78 is 52.8. The van der Waals surface area contributed by atoms with Gasteiger partial charge in [0.15, 0.2) is 5.03 Å². The molecule has 0 aliphatic rings. The molecule has 0 atom stereocenters. The third-order valence-corrected chi connectivity index (χ3v) is 5.62. The van der Waals surface area contributed by atoms with Gasteiger partial charge >= 0.3 is 0 Å². The lowest BCUT2D eigenvalue weighted by atomic mass is 10.2. The summed E-state index contributed by atoms with van der Waals surface area (Å²) in [6.07, 6.45) is 0. The van der Waals surface area contributed by atoms with Crippen LogP contribution in [-0.4, -0.2) is 24.1 Å². The Morgan fingerprint density at radius 1 is 1.10 bits per heavy atom. The number of aryl methyl sites for hydroxylation is 1. The molecule has 1 N–H and O–H groups in total. The summed E-state index contributed by atoms with van der Waals surface area (Å²) in [6.45, 7) is 0.968. The maximum absolute atomic E-state index is 13.6. The Kier molecular flexibility index (Phi) is 5.55. The molecule has 1 aromatic heterocycles. The Labute approximate surface area is 164 Å². The van der Waals surface area contributed by atoms with Crippen molar-refractivity contribution in [1.82, 2.24) is 9.78 Å². The van der Waals surface area contributed by atoms with Gasteiger partial charge in [-0.3, -0.25) is 9.59 Å². The van der Waals surface area contributed by atoms with Gasteiger partial charge in [-0.1, -0.05) is 12.1 Å². The molecule has 0 radical (unpaired) electrons. The standard InChI is InChI=1S/C19H15F2N3O4S/c1-12-5-6-14(10-16(12)21)22-17(25)11-24-19(26)8-7-18(23-24)29(27,28)15-4-2-3-13(20)9-15/h2-10H,11H2,1H3,(H,22,25). The van der Waals surface area contributed by atoms with Crippen LogP contribution in [0.25, 0.3) is 0 Å². The van der Waals surface area contributed by atoms with Gasteiger partial charge < -0.3 is 5.32 Å². The van der Waals surface area contributed by atoms with Crippen LogP contribution in [0.3, 0.4) is 0 Å². The summed E-state index contributed by atoms with van der Waals surface area (Å²) in [5, 5.41) is 5.61. The highest BCUT2D eigenvalue weighted by atomic mass is 32.2. The number of amides is 1. The SMILES string of the molecule is Cc1ccc(NC(=O)Cn2nc(S(=O)(=O)c3cccc(F)c3)ccc2=O)cc1F. The molecule has 0 aliphatic heterocycles. The van der Waals surface area contributed by atoms with Crippen molar-refractivity contribution in [3.8, 4) is 0 Å². The lowest BCUT2D eigenvalue weighted by molar-refractivity contribution is -0.117. The van der Waals surface area contributed by atoms with Crippen LogP contribution in [0.2, 0.25) is 0 Å². The first-order valence-electron chi connectivity index (χ1n) is 8.31. The summed E-state index contributed by atoms with van der Waals surface area (Å²) >= 11 is 0. The van der Waals surface area contributed by atoms with Crippen LogP contribution in [0.1, 0.15) is 5.56 Å². The number of sulfone groups is 1. The number of nitrogens with zero attached hydrogens (tertiary/aromatic N) is 2. The Hall–Kier alpha value is -3.40. The number of hydrogen-bond donors (Lipinski definition) is 1. The molecule has 3 aromatic rings. The minimum absolute atomic E-state index is 0.176. The van der Waals surface area contributed by atoms with Crippen LogP contribution < -0.4 is 10.9 Å². The Morgan fingerprint density at radius 2 is 1.86 bits per heavy atom. The molecule has 0 bridgehead atoms. The molecule has 1 heterocycles. The molecule has 10 heteroatoms. The Bertz CT molecular complexity index is 1260. The van der Waals surface area contributed by atoms with E-state index in [1.807, 2.05) is 0 Å². The maximum atomic E-state index is 13.6. The highest BCUT2D eigenvalue weighted by Gasteiger charge is 2.21. The second kappa shape index (κ2) is 7.92. The number of nitrogens with one attached hydrogen (secondary N) is 1. The van der Waals surface area contributed by atoms with Gasteiger partial charge in [0.25, 0.3) is 5.56 Å². The van der Waals surface area contributed by atoms with E-state index in [1.165, 1.54) is 24.3 Å². The van der Waals surface area contributed by atoms with E-state index in [0.29, 0.717) is 10.2 Å². The van der Waals surface area contributed by atoms with Crippen molar-refractivity contribution < 1.29 is 22.0 Å². The van der Waals surface area contributed by atoms with Crippen molar-refractivity contribution in [3.05, 3.63) is 82.1 Å². The summed E-state index contributed by atoms with van der Waals surface area (Å²) in [5.41, 5.74) is -0.140. The van der Waals surface area contributed by atoms with E-state index in [0.717, 1.165) is 30.3 Å². The predicted octanol–water partition coefficient (Wildman–Crippen LogP) is 2.30. The first-order valence-corrected chi connectivity index (χ1v) is 9.80. The summed E-state index contributed by atoms with van der Waals surface area (Å²) in [6, 6.07) is 10.3. The minimum Gasteiger partial charge on any atom is -0.324 e. The number of halogens is 2. The second-order valence-electron chi connectivity index (χ2n) is 6.14. The zero-order chi connectivity index (χ0) is 21.2. The first-order chi connectivity index (χ1) is 13.7. The van der Waals surface area contributed by atoms with Crippen LogP contribution in [0.5, 0.6) is 0 Å². The maximum Gasteiger partial charge on any atom is 0.267 e. The van der Waals surface area contributed by atoms with Crippen molar-refractivity contribution in [2.45, 2.75) is 23.4 Å². The summed E-state index contributed by atoms with van der Waals surface area (Å²) in [7, 11) is -4.20. The molecule has 7 nitrogen and oxygen atoms in total. The van der Waals surface area contributed by atoms with Gasteiger partial charge in [0.1, 0.15) is 18.2 Å². The van der Waals surface area contributed by atoms with E-state index in [-0.39, 0.29) is 10.6 Å².